The van der Waals surface area contributed by atoms with E-state index in [-0.39, 0.29) is 5.91 Å². The summed E-state index contributed by atoms with van der Waals surface area (Å²) in [5.41, 5.74) is -0.0391. The molecule has 2 N–H and O–H groups in total. The molecule has 1 aromatic carbocycles. The number of nitrogens with one attached hydrogen (secondary N) is 2. The van der Waals surface area contributed by atoms with E-state index in [9.17, 15) is 4.79 Å². The highest BCUT2D eigenvalue weighted by atomic mass is 16.5. The van der Waals surface area contributed by atoms with Crippen LogP contribution in [-0.4, -0.2) is 38.7 Å². The summed E-state index contributed by atoms with van der Waals surface area (Å²) in [6.07, 6.45) is 9.58. The van der Waals surface area contributed by atoms with Crippen LogP contribution in [-0.2, 0) is 10.3 Å². The van der Waals surface area contributed by atoms with Crippen LogP contribution in [0.1, 0.15) is 12.8 Å². The van der Waals surface area contributed by atoms with Crippen molar-refractivity contribution in [3.63, 3.8) is 0 Å². The predicted molar refractivity (Wildman–Crippen MR) is 99.5 cm³/mol. The van der Waals surface area contributed by atoms with Crippen molar-refractivity contribution in [3.05, 3.63) is 61.3 Å². The summed E-state index contributed by atoms with van der Waals surface area (Å²) in [5.74, 6) is 0.892. The van der Waals surface area contributed by atoms with Gasteiger partial charge in [-0.25, -0.2) is 4.98 Å². The Labute approximate surface area is 156 Å². The summed E-state index contributed by atoms with van der Waals surface area (Å²) in [7, 11) is 0. The van der Waals surface area contributed by atoms with E-state index in [4.69, 9.17) is 4.74 Å². The molecule has 1 fully saturated rings. The van der Waals surface area contributed by atoms with Crippen molar-refractivity contribution >= 4 is 11.6 Å². The normalized spacial score (nSPS) is 15.9. The Morgan fingerprint density at radius 2 is 2.07 bits per heavy atom. The minimum Gasteiger partial charge on any atom is -0.437 e. The molecule has 0 saturated carbocycles. The first-order chi connectivity index (χ1) is 13.3. The quantitative estimate of drug-likeness (QED) is 0.721. The highest BCUT2D eigenvalue weighted by Crippen LogP contribution is 2.29. The van der Waals surface area contributed by atoms with Crippen LogP contribution in [0.15, 0.2) is 61.3 Å². The molecule has 4 rings (SSSR count). The molecule has 27 heavy (non-hydrogen) atoms. The van der Waals surface area contributed by atoms with Gasteiger partial charge in [0.2, 0.25) is 5.88 Å². The predicted octanol–water partition coefficient (Wildman–Crippen LogP) is 2.18. The van der Waals surface area contributed by atoms with Crippen molar-refractivity contribution in [2.75, 3.05) is 18.4 Å². The molecular formula is C19H20N6O2. The van der Waals surface area contributed by atoms with Crippen LogP contribution in [0.2, 0.25) is 0 Å². The second kappa shape index (κ2) is 7.55. The lowest BCUT2D eigenvalue weighted by Gasteiger charge is -2.36. The summed E-state index contributed by atoms with van der Waals surface area (Å²) in [4.78, 5) is 21.3. The molecule has 8 heteroatoms. The molecule has 0 radical (unpaired) electrons. The second-order valence-corrected chi connectivity index (χ2v) is 6.36. The molecule has 138 valence electrons. The van der Waals surface area contributed by atoms with Crippen LogP contribution in [0.3, 0.4) is 0 Å². The summed E-state index contributed by atoms with van der Waals surface area (Å²) >= 11 is 0. The Morgan fingerprint density at radius 3 is 2.81 bits per heavy atom. The monoisotopic (exact) mass is 364 g/mol. The van der Waals surface area contributed by atoms with E-state index in [1.165, 1.54) is 6.20 Å². The minimum atomic E-state index is -0.698. The number of carbonyl (C=O) groups excluding carboxylic acids is 1. The average molecular weight is 364 g/mol. The standard InChI is InChI=1S/C19H20N6O2/c26-18(19(5-8-20-9-6-19)25-12-2-7-23-25)24-15-3-1-4-16(13-15)27-17-14-21-10-11-22-17/h1-4,7,10-14,20H,5-6,8-9H2,(H,24,26). The van der Waals surface area contributed by atoms with Gasteiger partial charge < -0.3 is 15.4 Å². The van der Waals surface area contributed by atoms with Gasteiger partial charge >= 0.3 is 0 Å². The van der Waals surface area contributed by atoms with Crippen LogP contribution in [0.5, 0.6) is 11.6 Å². The summed E-state index contributed by atoms with van der Waals surface area (Å²) in [5, 5.41) is 10.7. The molecule has 3 heterocycles. The molecule has 1 amide bonds. The lowest BCUT2D eigenvalue weighted by atomic mass is 9.87. The molecule has 1 aliphatic rings. The fourth-order valence-corrected chi connectivity index (χ4v) is 3.27. The zero-order valence-corrected chi connectivity index (χ0v) is 14.7. The van der Waals surface area contributed by atoms with E-state index in [0.717, 1.165) is 13.1 Å². The number of carbonyl (C=O) groups is 1. The molecule has 2 aromatic heterocycles. The fraction of sp³-hybridized carbons (Fsp3) is 0.263. The van der Waals surface area contributed by atoms with Crippen molar-refractivity contribution in [2.45, 2.75) is 18.4 Å². The zero-order chi connectivity index (χ0) is 18.5. The van der Waals surface area contributed by atoms with E-state index in [1.807, 2.05) is 24.4 Å². The van der Waals surface area contributed by atoms with E-state index in [0.29, 0.717) is 30.2 Å². The number of piperidine rings is 1. The van der Waals surface area contributed by atoms with Gasteiger partial charge in [-0.2, -0.15) is 5.10 Å². The first-order valence-corrected chi connectivity index (χ1v) is 8.82. The van der Waals surface area contributed by atoms with Gasteiger partial charge in [0.1, 0.15) is 11.3 Å². The topological polar surface area (TPSA) is 94.0 Å². The van der Waals surface area contributed by atoms with Gasteiger partial charge in [-0.3, -0.25) is 14.5 Å². The molecule has 1 aliphatic heterocycles. The highest BCUT2D eigenvalue weighted by molar-refractivity contribution is 5.96. The van der Waals surface area contributed by atoms with Crippen molar-refractivity contribution in [2.24, 2.45) is 0 Å². The number of ether oxygens (including phenoxy) is 1. The Kier molecular flexibility index (Phi) is 4.80. The van der Waals surface area contributed by atoms with E-state index < -0.39 is 5.54 Å². The smallest absolute Gasteiger partial charge is 0.252 e. The molecule has 0 spiro atoms. The lowest BCUT2D eigenvalue weighted by Crippen LogP contribution is -2.52. The number of hydrogen-bond acceptors (Lipinski definition) is 6. The van der Waals surface area contributed by atoms with E-state index in [1.54, 1.807) is 35.4 Å². The van der Waals surface area contributed by atoms with Gasteiger partial charge in [0.05, 0.1) is 6.20 Å². The summed E-state index contributed by atoms with van der Waals surface area (Å²) in [6.45, 7) is 1.53. The Balaban J connectivity index is 1.54. The first kappa shape index (κ1) is 17.2. The molecule has 8 nitrogen and oxygen atoms in total. The fourth-order valence-electron chi connectivity index (χ4n) is 3.27. The van der Waals surface area contributed by atoms with Crippen molar-refractivity contribution < 1.29 is 9.53 Å². The maximum Gasteiger partial charge on any atom is 0.252 e. The maximum absolute atomic E-state index is 13.2. The van der Waals surface area contributed by atoms with Crippen molar-refractivity contribution in [1.29, 1.82) is 0 Å². The van der Waals surface area contributed by atoms with E-state index >= 15 is 0 Å². The molecule has 0 bridgehead atoms. The SMILES string of the molecule is O=C(Nc1cccc(Oc2cnccn2)c1)C1(n2cccn2)CCNCC1. The number of rotatable bonds is 5. The third kappa shape index (κ3) is 3.65. The van der Waals surface area contributed by atoms with Gasteiger partial charge in [-0.05, 0) is 44.1 Å². The third-order valence-corrected chi connectivity index (χ3v) is 4.65. The van der Waals surface area contributed by atoms with E-state index in [2.05, 4.69) is 25.7 Å². The van der Waals surface area contributed by atoms with Crippen molar-refractivity contribution in [3.8, 4) is 11.6 Å². The molecule has 1 saturated heterocycles. The zero-order valence-electron chi connectivity index (χ0n) is 14.7. The van der Waals surface area contributed by atoms with Crippen molar-refractivity contribution in [1.82, 2.24) is 25.1 Å². The van der Waals surface area contributed by atoms with Gasteiger partial charge in [-0.1, -0.05) is 6.07 Å². The molecule has 0 atom stereocenters. The molecule has 3 aromatic rings. The molecule has 0 unspecified atom stereocenters. The second-order valence-electron chi connectivity index (χ2n) is 6.36. The number of anilines is 1. The first-order valence-electron chi connectivity index (χ1n) is 8.82. The lowest BCUT2D eigenvalue weighted by molar-refractivity contribution is -0.126. The van der Waals surface area contributed by atoms with Crippen LogP contribution < -0.4 is 15.4 Å². The van der Waals surface area contributed by atoms with Gasteiger partial charge in [0.25, 0.3) is 5.91 Å². The summed E-state index contributed by atoms with van der Waals surface area (Å²) in [6, 6.07) is 9.07. The Bertz CT molecular complexity index is 892. The number of aromatic nitrogens is 4. The Hall–Kier alpha value is -3.26. The van der Waals surface area contributed by atoms with Crippen LogP contribution in [0.25, 0.3) is 0 Å². The number of hydrogen-bond donors (Lipinski definition) is 2. The number of nitrogens with zero attached hydrogens (tertiary/aromatic N) is 4. The molecular weight excluding hydrogens is 344 g/mol. The van der Waals surface area contributed by atoms with Crippen LogP contribution in [0, 0.1) is 0 Å². The van der Waals surface area contributed by atoms with Crippen LogP contribution in [0.4, 0.5) is 5.69 Å². The average Bonchev–Trinajstić information content (AvgIpc) is 3.25. The third-order valence-electron chi connectivity index (χ3n) is 4.65. The largest absolute Gasteiger partial charge is 0.437 e. The number of benzene rings is 1. The van der Waals surface area contributed by atoms with Gasteiger partial charge in [0.15, 0.2) is 0 Å². The van der Waals surface area contributed by atoms with Gasteiger partial charge in [0, 0.05) is 36.5 Å². The maximum atomic E-state index is 13.2. The Morgan fingerprint density at radius 1 is 1.19 bits per heavy atom. The minimum absolute atomic E-state index is 0.0793. The van der Waals surface area contributed by atoms with Gasteiger partial charge in [-0.15, -0.1) is 0 Å². The molecule has 0 aliphatic carbocycles. The summed E-state index contributed by atoms with van der Waals surface area (Å²) < 4.78 is 7.46. The highest BCUT2D eigenvalue weighted by Gasteiger charge is 2.42. The van der Waals surface area contributed by atoms with Crippen LogP contribution >= 0.6 is 0 Å². The number of amides is 1.